The highest BCUT2D eigenvalue weighted by Crippen LogP contribution is 2.21. The Morgan fingerprint density at radius 1 is 1.10 bits per heavy atom. The number of nitrogens with zero attached hydrogens (tertiary/aromatic N) is 1. The number of aromatic nitrogens is 1. The average Bonchev–Trinajstić information content (AvgIpc) is 3.18. The second-order valence-corrected chi connectivity index (χ2v) is 7.85. The van der Waals surface area contributed by atoms with E-state index in [0.29, 0.717) is 38.0 Å². The molecule has 4 rings (SSSR count). The first-order valence-electron chi connectivity index (χ1n) is 10.5. The third kappa shape index (κ3) is 4.53. The number of halogens is 1. The minimum atomic E-state index is -0.251. The quantitative estimate of drug-likeness (QED) is 0.657. The van der Waals surface area contributed by atoms with Crippen LogP contribution in [0.15, 0.2) is 54.7 Å². The van der Waals surface area contributed by atoms with Crippen molar-refractivity contribution < 1.29 is 14.0 Å². The fraction of sp³-hybridized carbons (Fsp3) is 0.333. The van der Waals surface area contributed by atoms with Crippen molar-refractivity contribution in [3.05, 3.63) is 71.7 Å². The SMILES string of the molecule is O=C(NCCc1ccccc1F)[C@H]1CCCN(C(=O)Cc2c[nH]c3ccccc23)C1. The van der Waals surface area contributed by atoms with Gasteiger partial charge >= 0.3 is 0 Å². The molecule has 0 saturated carbocycles. The summed E-state index contributed by atoms with van der Waals surface area (Å²) in [4.78, 5) is 30.4. The fourth-order valence-electron chi connectivity index (χ4n) is 4.14. The van der Waals surface area contributed by atoms with Crippen LogP contribution in [0.1, 0.15) is 24.0 Å². The van der Waals surface area contributed by atoms with Gasteiger partial charge in [0.15, 0.2) is 0 Å². The van der Waals surface area contributed by atoms with E-state index in [1.165, 1.54) is 6.07 Å². The molecule has 2 amide bonds. The normalized spacial score (nSPS) is 16.6. The predicted octanol–water partition coefficient (Wildman–Crippen LogP) is 3.45. The van der Waals surface area contributed by atoms with Crippen molar-refractivity contribution in [1.82, 2.24) is 15.2 Å². The number of hydrogen-bond acceptors (Lipinski definition) is 2. The molecular formula is C24H26FN3O2. The van der Waals surface area contributed by atoms with Crippen LogP contribution >= 0.6 is 0 Å². The molecule has 0 aliphatic carbocycles. The number of carbonyl (C=O) groups is 2. The zero-order chi connectivity index (χ0) is 20.9. The van der Waals surface area contributed by atoms with E-state index < -0.39 is 0 Å². The van der Waals surface area contributed by atoms with Crippen molar-refractivity contribution in [2.45, 2.75) is 25.7 Å². The first kappa shape index (κ1) is 20.1. The van der Waals surface area contributed by atoms with Crippen LogP contribution in [0.3, 0.4) is 0 Å². The molecule has 2 heterocycles. The molecule has 1 aliphatic rings. The Morgan fingerprint density at radius 3 is 2.77 bits per heavy atom. The lowest BCUT2D eigenvalue weighted by Gasteiger charge is -2.32. The lowest BCUT2D eigenvalue weighted by molar-refractivity contribution is -0.135. The van der Waals surface area contributed by atoms with Crippen molar-refractivity contribution in [2.75, 3.05) is 19.6 Å². The molecule has 2 N–H and O–H groups in total. The second kappa shape index (κ2) is 9.11. The van der Waals surface area contributed by atoms with E-state index in [1.807, 2.05) is 30.5 Å². The number of fused-ring (bicyclic) bond motifs is 1. The van der Waals surface area contributed by atoms with Gasteiger partial charge in [-0.1, -0.05) is 36.4 Å². The van der Waals surface area contributed by atoms with E-state index >= 15 is 0 Å². The number of aromatic amines is 1. The average molecular weight is 407 g/mol. The van der Waals surface area contributed by atoms with Crippen LogP contribution in [-0.2, 0) is 22.4 Å². The zero-order valence-corrected chi connectivity index (χ0v) is 16.9. The topological polar surface area (TPSA) is 65.2 Å². The highest BCUT2D eigenvalue weighted by Gasteiger charge is 2.28. The first-order valence-corrected chi connectivity index (χ1v) is 10.5. The molecule has 156 valence electrons. The monoisotopic (exact) mass is 407 g/mol. The Hall–Kier alpha value is -3.15. The third-order valence-corrected chi connectivity index (χ3v) is 5.81. The molecule has 30 heavy (non-hydrogen) atoms. The second-order valence-electron chi connectivity index (χ2n) is 7.85. The van der Waals surface area contributed by atoms with Gasteiger partial charge in [0.25, 0.3) is 0 Å². The number of hydrogen-bond donors (Lipinski definition) is 2. The highest BCUT2D eigenvalue weighted by molar-refractivity contribution is 5.89. The minimum absolute atomic E-state index is 0.0450. The number of benzene rings is 2. The van der Waals surface area contributed by atoms with Gasteiger partial charge in [-0.25, -0.2) is 4.39 Å². The summed E-state index contributed by atoms with van der Waals surface area (Å²) in [6, 6.07) is 14.5. The van der Waals surface area contributed by atoms with Gasteiger partial charge in [-0.05, 0) is 42.5 Å². The number of rotatable bonds is 6. The van der Waals surface area contributed by atoms with Gasteiger partial charge < -0.3 is 15.2 Å². The molecular weight excluding hydrogens is 381 g/mol. The molecule has 0 bridgehead atoms. The Kier molecular flexibility index (Phi) is 6.12. The van der Waals surface area contributed by atoms with Gasteiger partial charge in [0.1, 0.15) is 5.82 Å². The molecule has 3 aromatic rings. The Morgan fingerprint density at radius 2 is 1.90 bits per heavy atom. The van der Waals surface area contributed by atoms with Crippen molar-refractivity contribution in [3.63, 3.8) is 0 Å². The van der Waals surface area contributed by atoms with Gasteiger partial charge in [0, 0.05) is 36.7 Å². The molecule has 1 fully saturated rings. The van der Waals surface area contributed by atoms with E-state index in [0.717, 1.165) is 29.3 Å². The molecule has 1 aliphatic heterocycles. The molecule has 1 saturated heterocycles. The Bertz CT molecular complexity index is 1050. The summed E-state index contributed by atoms with van der Waals surface area (Å²) in [5.74, 6) is -0.482. The van der Waals surface area contributed by atoms with Crippen LogP contribution in [0.25, 0.3) is 10.9 Å². The van der Waals surface area contributed by atoms with E-state index in [-0.39, 0.29) is 23.5 Å². The van der Waals surface area contributed by atoms with Crippen LogP contribution in [-0.4, -0.2) is 41.3 Å². The van der Waals surface area contributed by atoms with Gasteiger partial charge in [0.05, 0.1) is 12.3 Å². The molecule has 5 nitrogen and oxygen atoms in total. The fourth-order valence-corrected chi connectivity index (χ4v) is 4.14. The summed E-state index contributed by atoms with van der Waals surface area (Å²) in [6.45, 7) is 1.51. The highest BCUT2D eigenvalue weighted by atomic mass is 19.1. The Labute approximate surface area is 175 Å². The molecule has 2 aromatic carbocycles. The van der Waals surface area contributed by atoms with E-state index in [4.69, 9.17) is 0 Å². The number of nitrogens with one attached hydrogen (secondary N) is 2. The molecule has 6 heteroatoms. The maximum Gasteiger partial charge on any atom is 0.227 e. The van der Waals surface area contributed by atoms with Crippen molar-refractivity contribution >= 4 is 22.7 Å². The van der Waals surface area contributed by atoms with Gasteiger partial charge in [-0.2, -0.15) is 0 Å². The summed E-state index contributed by atoms with van der Waals surface area (Å²) in [5.41, 5.74) is 2.59. The number of para-hydroxylation sites is 1. The molecule has 0 radical (unpaired) electrons. The van der Waals surface area contributed by atoms with E-state index in [1.54, 1.807) is 23.1 Å². The van der Waals surface area contributed by atoms with Crippen LogP contribution in [0.4, 0.5) is 4.39 Å². The smallest absolute Gasteiger partial charge is 0.227 e. The van der Waals surface area contributed by atoms with Gasteiger partial charge in [-0.3, -0.25) is 9.59 Å². The van der Waals surface area contributed by atoms with Gasteiger partial charge in [0.2, 0.25) is 11.8 Å². The number of H-pyrrole nitrogens is 1. The van der Waals surface area contributed by atoms with Crippen LogP contribution in [0.2, 0.25) is 0 Å². The summed E-state index contributed by atoms with van der Waals surface area (Å²) < 4.78 is 13.7. The number of piperidine rings is 1. The molecule has 1 atom stereocenters. The summed E-state index contributed by atoms with van der Waals surface area (Å²) in [7, 11) is 0. The molecule has 0 spiro atoms. The minimum Gasteiger partial charge on any atom is -0.361 e. The lowest BCUT2D eigenvalue weighted by Crippen LogP contribution is -2.46. The van der Waals surface area contributed by atoms with Gasteiger partial charge in [-0.15, -0.1) is 0 Å². The van der Waals surface area contributed by atoms with Crippen LogP contribution < -0.4 is 5.32 Å². The van der Waals surface area contributed by atoms with E-state index in [9.17, 15) is 14.0 Å². The summed E-state index contributed by atoms with van der Waals surface area (Å²) in [6.07, 6.45) is 4.24. The maximum atomic E-state index is 13.7. The molecule has 1 aromatic heterocycles. The van der Waals surface area contributed by atoms with Crippen LogP contribution in [0.5, 0.6) is 0 Å². The van der Waals surface area contributed by atoms with Crippen molar-refractivity contribution in [2.24, 2.45) is 5.92 Å². The number of carbonyl (C=O) groups excluding carboxylic acids is 2. The summed E-state index contributed by atoms with van der Waals surface area (Å²) >= 11 is 0. The number of likely N-dealkylation sites (tertiary alicyclic amines) is 1. The zero-order valence-electron chi connectivity index (χ0n) is 16.9. The standard InChI is InChI=1S/C24H26FN3O2/c25-21-9-3-1-6-17(21)11-12-26-24(30)18-7-5-13-28(16-18)23(29)14-19-15-27-22-10-4-2-8-20(19)22/h1-4,6,8-10,15,18,27H,5,7,11-14,16H2,(H,26,30)/t18-/m0/s1. The predicted molar refractivity (Wildman–Crippen MR) is 114 cm³/mol. The van der Waals surface area contributed by atoms with Crippen molar-refractivity contribution in [1.29, 1.82) is 0 Å². The largest absolute Gasteiger partial charge is 0.361 e. The lowest BCUT2D eigenvalue weighted by atomic mass is 9.96. The van der Waals surface area contributed by atoms with Crippen LogP contribution in [0, 0.1) is 11.7 Å². The molecule has 0 unspecified atom stereocenters. The van der Waals surface area contributed by atoms with Crippen molar-refractivity contribution in [3.8, 4) is 0 Å². The number of amides is 2. The first-order chi connectivity index (χ1) is 14.6. The summed E-state index contributed by atoms with van der Waals surface area (Å²) in [5, 5.41) is 3.97. The Balaban J connectivity index is 1.30. The third-order valence-electron chi connectivity index (χ3n) is 5.81. The van der Waals surface area contributed by atoms with E-state index in [2.05, 4.69) is 10.3 Å². The maximum absolute atomic E-state index is 13.7.